The second-order valence-electron chi connectivity index (χ2n) is 6.94. The van der Waals surface area contributed by atoms with E-state index < -0.39 is 36.3 Å². The predicted octanol–water partition coefficient (Wildman–Crippen LogP) is 2.77. The van der Waals surface area contributed by atoms with Crippen LogP contribution in [0.5, 0.6) is 0 Å². The molecule has 0 spiro atoms. The van der Waals surface area contributed by atoms with Gasteiger partial charge in [0.05, 0.1) is 0 Å². The van der Waals surface area contributed by atoms with Crippen molar-refractivity contribution >= 4 is 41.0 Å². The van der Waals surface area contributed by atoms with Gasteiger partial charge in [-0.25, -0.2) is 4.79 Å². The van der Waals surface area contributed by atoms with Gasteiger partial charge in [-0.3, -0.25) is 14.4 Å². The summed E-state index contributed by atoms with van der Waals surface area (Å²) >= 11 is 5.83. The van der Waals surface area contributed by atoms with Crippen LogP contribution in [0.3, 0.4) is 0 Å². The van der Waals surface area contributed by atoms with Gasteiger partial charge in [0.2, 0.25) is 5.91 Å². The number of ether oxygens (including phenoxy) is 1. The third-order valence-electron chi connectivity index (χ3n) is 4.66. The molecule has 2 atom stereocenters. The smallest absolute Gasteiger partial charge is 0.329 e. The fourth-order valence-electron chi connectivity index (χ4n) is 2.64. The zero-order valence-corrected chi connectivity index (χ0v) is 17.9. The Kier molecular flexibility index (Phi) is 8.57. The van der Waals surface area contributed by atoms with Crippen molar-refractivity contribution in [3.63, 3.8) is 0 Å². The average Bonchev–Trinajstić information content (AvgIpc) is 2.76. The number of hydrogen-bond acceptors (Lipinski definition) is 5. The van der Waals surface area contributed by atoms with E-state index in [2.05, 4.69) is 10.6 Å². The number of primary amides is 1. The van der Waals surface area contributed by atoms with Crippen LogP contribution in [0.1, 0.15) is 41.0 Å². The van der Waals surface area contributed by atoms with Gasteiger partial charge < -0.3 is 21.1 Å². The minimum atomic E-state index is -0.921. The number of halogens is 1. The molecule has 3 amide bonds. The Morgan fingerprint density at radius 3 is 2.13 bits per heavy atom. The number of rotatable bonds is 9. The molecule has 4 N–H and O–H groups in total. The summed E-state index contributed by atoms with van der Waals surface area (Å²) < 4.78 is 5.12. The molecule has 2 aromatic rings. The highest BCUT2D eigenvalue weighted by Gasteiger charge is 2.28. The molecule has 9 heteroatoms. The van der Waals surface area contributed by atoms with Crippen LogP contribution in [0.2, 0.25) is 5.02 Å². The summed E-state index contributed by atoms with van der Waals surface area (Å²) in [5.41, 5.74) is 6.24. The highest BCUT2D eigenvalue weighted by molar-refractivity contribution is 6.30. The lowest BCUT2D eigenvalue weighted by molar-refractivity contribution is -0.150. The van der Waals surface area contributed by atoms with E-state index in [9.17, 15) is 19.2 Å². The summed E-state index contributed by atoms with van der Waals surface area (Å²) in [5.74, 6) is -2.52. The van der Waals surface area contributed by atoms with Crippen LogP contribution in [-0.2, 0) is 14.3 Å². The number of carbonyl (C=O) groups excluding carboxylic acids is 4. The molecule has 31 heavy (non-hydrogen) atoms. The maximum atomic E-state index is 12.6. The lowest BCUT2D eigenvalue weighted by Crippen LogP contribution is -2.46. The number of amides is 3. The molecule has 0 radical (unpaired) electrons. The fraction of sp³-hybridized carbons (Fsp3) is 0.273. The molecule has 0 aromatic heterocycles. The third-order valence-corrected chi connectivity index (χ3v) is 4.91. The third kappa shape index (κ3) is 7.11. The predicted molar refractivity (Wildman–Crippen MR) is 117 cm³/mol. The topological polar surface area (TPSA) is 128 Å². The first-order valence-electron chi connectivity index (χ1n) is 9.64. The van der Waals surface area contributed by atoms with E-state index in [1.807, 2.05) is 6.92 Å². The lowest BCUT2D eigenvalue weighted by atomic mass is 9.99. The van der Waals surface area contributed by atoms with Crippen molar-refractivity contribution < 1.29 is 23.9 Å². The van der Waals surface area contributed by atoms with Crippen molar-refractivity contribution in [2.24, 2.45) is 11.7 Å². The lowest BCUT2D eigenvalue weighted by Gasteiger charge is -2.22. The van der Waals surface area contributed by atoms with Crippen LogP contribution in [0.4, 0.5) is 5.69 Å². The molecule has 0 bridgehead atoms. The molecule has 164 valence electrons. The summed E-state index contributed by atoms with van der Waals surface area (Å²) in [6.45, 7) is 3.15. The van der Waals surface area contributed by atoms with Gasteiger partial charge in [-0.2, -0.15) is 0 Å². The average molecular weight is 446 g/mol. The molecule has 0 fully saturated rings. The standard InChI is InChI=1S/C22H24ClN3O5/c1-3-13(2)19(26-21(29)15-4-8-16(23)9-5-15)22(30)31-12-18(27)25-17-10-6-14(7-11-17)20(24)28/h4-11,13,19H,3,12H2,1-2H3,(H2,24,28)(H,25,27)(H,26,29). The molecule has 0 aliphatic rings. The van der Waals surface area contributed by atoms with Crippen molar-refractivity contribution in [3.8, 4) is 0 Å². The van der Waals surface area contributed by atoms with Crippen LogP contribution < -0.4 is 16.4 Å². The number of nitrogens with one attached hydrogen (secondary N) is 2. The molecular formula is C22H24ClN3O5. The Morgan fingerprint density at radius 1 is 1.00 bits per heavy atom. The minimum Gasteiger partial charge on any atom is -0.454 e. The largest absolute Gasteiger partial charge is 0.454 e. The van der Waals surface area contributed by atoms with Gasteiger partial charge in [0.15, 0.2) is 6.61 Å². The number of benzene rings is 2. The van der Waals surface area contributed by atoms with Gasteiger partial charge in [0.1, 0.15) is 6.04 Å². The minimum absolute atomic E-state index is 0.215. The molecule has 0 saturated heterocycles. The summed E-state index contributed by atoms with van der Waals surface area (Å²) in [6, 6.07) is 11.3. The summed E-state index contributed by atoms with van der Waals surface area (Å²) in [7, 11) is 0. The van der Waals surface area contributed by atoms with E-state index in [1.165, 1.54) is 24.3 Å². The number of esters is 1. The second-order valence-corrected chi connectivity index (χ2v) is 7.38. The second kappa shape index (κ2) is 11.1. The first-order chi connectivity index (χ1) is 14.7. The highest BCUT2D eigenvalue weighted by atomic mass is 35.5. The molecule has 0 heterocycles. The van der Waals surface area contributed by atoms with E-state index in [0.29, 0.717) is 28.3 Å². The molecular weight excluding hydrogens is 422 g/mol. The van der Waals surface area contributed by atoms with Crippen LogP contribution in [0.25, 0.3) is 0 Å². The van der Waals surface area contributed by atoms with Crippen molar-refractivity contribution in [2.75, 3.05) is 11.9 Å². The zero-order valence-electron chi connectivity index (χ0n) is 17.2. The molecule has 0 saturated carbocycles. The number of carbonyl (C=O) groups is 4. The Morgan fingerprint density at radius 2 is 1.58 bits per heavy atom. The van der Waals surface area contributed by atoms with Gasteiger partial charge >= 0.3 is 5.97 Å². The van der Waals surface area contributed by atoms with Gasteiger partial charge in [-0.05, 0) is 54.4 Å². The number of nitrogens with two attached hydrogens (primary N) is 1. The maximum absolute atomic E-state index is 12.6. The Labute approximate surface area is 185 Å². The van der Waals surface area contributed by atoms with Crippen LogP contribution in [0, 0.1) is 5.92 Å². The normalized spacial score (nSPS) is 12.4. The summed E-state index contributed by atoms with van der Waals surface area (Å²) in [5, 5.41) is 5.70. The van der Waals surface area contributed by atoms with Crippen molar-refractivity contribution in [2.45, 2.75) is 26.3 Å². The van der Waals surface area contributed by atoms with Crippen LogP contribution in [0.15, 0.2) is 48.5 Å². The van der Waals surface area contributed by atoms with E-state index in [1.54, 1.807) is 31.2 Å². The summed E-state index contributed by atoms with van der Waals surface area (Å²) in [4.78, 5) is 48.2. The Balaban J connectivity index is 1.95. The zero-order chi connectivity index (χ0) is 23.0. The van der Waals surface area contributed by atoms with Crippen LogP contribution >= 0.6 is 11.6 Å². The van der Waals surface area contributed by atoms with Crippen LogP contribution in [-0.4, -0.2) is 36.3 Å². The molecule has 0 aliphatic carbocycles. The summed E-state index contributed by atoms with van der Waals surface area (Å²) in [6.07, 6.45) is 0.610. The molecule has 2 rings (SSSR count). The molecule has 2 unspecified atom stereocenters. The first-order valence-corrected chi connectivity index (χ1v) is 10.0. The molecule has 8 nitrogen and oxygen atoms in total. The number of hydrogen-bond donors (Lipinski definition) is 3. The fourth-order valence-corrected chi connectivity index (χ4v) is 2.76. The Bertz CT molecular complexity index is 945. The van der Waals surface area contributed by atoms with Gasteiger partial charge in [-0.1, -0.05) is 31.9 Å². The van der Waals surface area contributed by atoms with Gasteiger partial charge in [0, 0.05) is 21.8 Å². The van der Waals surface area contributed by atoms with Gasteiger partial charge in [-0.15, -0.1) is 0 Å². The SMILES string of the molecule is CCC(C)C(NC(=O)c1ccc(Cl)cc1)C(=O)OCC(=O)Nc1ccc(C(N)=O)cc1. The molecule has 2 aromatic carbocycles. The van der Waals surface area contributed by atoms with E-state index in [-0.39, 0.29) is 5.92 Å². The number of anilines is 1. The van der Waals surface area contributed by atoms with E-state index in [0.717, 1.165) is 0 Å². The van der Waals surface area contributed by atoms with E-state index in [4.69, 9.17) is 22.1 Å². The Hall–Kier alpha value is -3.39. The van der Waals surface area contributed by atoms with Crippen molar-refractivity contribution in [1.29, 1.82) is 0 Å². The highest BCUT2D eigenvalue weighted by Crippen LogP contribution is 2.14. The maximum Gasteiger partial charge on any atom is 0.329 e. The molecule has 0 aliphatic heterocycles. The van der Waals surface area contributed by atoms with E-state index >= 15 is 0 Å². The van der Waals surface area contributed by atoms with Gasteiger partial charge in [0.25, 0.3) is 11.8 Å². The monoisotopic (exact) mass is 445 g/mol. The quantitative estimate of drug-likeness (QED) is 0.511. The van der Waals surface area contributed by atoms with Crippen molar-refractivity contribution in [1.82, 2.24) is 5.32 Å². The first kappa shape index (κ1) is 23.9. The van der Waals surface area contributed by atoms with Crippen molar-refractivity contribution in [3.05, 3.63) is 64.7 Å².